The molecule has 17 heavy (non-hydrogen) atoms. The van der Waals surface area contributed by atoms with Crippen LogP contribution in [0.3, 0.4) is 0 Å². The largest absolute Gasteiger partial charge is 0.395 e. The van der Waals surface area contributed by atoms with Crippen LogP contribution >= 0.6 is 0 Å². The summed E-state index contributed by atoms with van der Waals surface area (Å²) in [6.45, 7) is 4.11. The van der Waals surface area contributed by atoms with E-state index < -0.39 is 0 Å². The molecule has 0 unspecified atom stereocenters. The summed E-state index contributed by atoms with van der Waals surface area (Å²) < 4.78 is 0. The number of H-pyrrole nitrogens is 1. The highest BCUT2D eigenvalue weighted by atomic mass is 16.3. The van der Waals surface area contributed by atoms with Crippen LogP contribution in [-0.2, 0) is 0 Å². The van der Waals surface area contributed by atoms with Gasteiger partial charge in [-0.25, -0.2) is 0 Å². The lowest BCUT2D eigenvalue weighted by Crippen LogP contribution is -2.35. The van der Waals surface area contributed by atoms with Crippen LogP contribution in [0, 0.1) is 0 Å². The number of amides is 1. The molecule has 1 fully saturated rings. The number of carbonyl (C=O) groups excluding carboxylic acids is 1. The van der Waals surface area contributed by atoms with Gasteiger partial charge in [0.15, 0.2) is 0 Å². The Morgan fingerprint density at radius 1 is 1.41 bits per heavy atom. The molecule has 1 aromatic heterocycles. The number of rotatable bonds is 3. The van der Waals surface area contributed by atoms with Crippen molar-refractivity contribution in [1.82, 2.24) is 20.0 Å². The van der Waals surface area contributed by atoms with Crippen molar-refractivity contribution in [1.29, 1.82) is 0 Å². The van der Waals surface area contributed by atoms with Gasteiger partial charge in [-0.2, -0.15) is 5.10 Å². The Morgan fingerprint density at radius 3 is 3.00 bits per heavy atom. The van der Waals surface area contributed by atoms with E-state index in [1.807, 2.05) is 4.90 Å². The summed E-state index contributed by atoms with van der Waals surface area (Å²) in [6.07, 6.45) is 4.13. The molecule has 0 aliphatic carbocycles. The molecule has 0 spiro atoms. The topological polar surface area (TPSA) is 72.5 Å². The van der Waals surface area contributed by atoms with Crippen LogP contribution in [0.4, 0.5) is 0 Å². The van der Waals surface area contributed by atoms with E-state index in [-0.39, 0.29) is 12.5 Å². The highest BCUT2D eigenvalue weighted by Gasteiger charge is 2.20. The molecule has 1 aliphatic rings. The standard InChI is InChI=1S/C11H18N4O2/c16-7-6-14-2-1-3-15(5-4-14)11(17)10-8-12-13-9-10/h8-9,16H,1-7H2,(H,12,13). The highest BCUT2D eigenvalue weighted by molar-refractivity contribution is 5.93. The number of β-amino-alcohol motifs (C(OH)–C–C–N with tert-alkyl or cyclic N) is 1. The van der Waals surface area contributed by atoms with Gasteiger partial charge in [0.2, 0.25) is 0 Å². The zero-order chi connectivity index (χ0) is 12.1. The summed E-state index contributed by atoms with van der Waals surface area (Å²) in [6, 6.07) is 0. The number of hydrogen-bond acceptors (Lipinski definition) is 4. The molecule has 2 rings (SSSR count). The Labute approximate surface area is 100 Å². The summed E-state index contributed by atoms with van der Waals surface area (Å²) in [7, 11) is 0. The van der Waals surface area contributed by atoms with Crippen molar-refractivity contribution < 1.29 is 9.90 Å². The van der Waals surface area contributed by atoms with Crippen LogP contribution < -0.4 is 0 Å². The second-order valence-electron chi connectivity index (χ2n) is 4.20. The Balaban J connectivity index is 1.92. The van der Waals surface area contributed by atoms with Crippen molar-refractivity contribution in [2.24, 2.45) is 0 Å². The predicted molar refractivity (Wildman–Crippen MR) is 62.6 cm³/mol. The predicted octanol–water partition coefficient (Wildman–Crippen LogP) is -0.450. The first-order valence-electron chi connectivity index (χ1n) is 5.92. The van der Waals surface area contributed by atoms with E-state index in [0.29, 0.717) is 18.7 Å². The van der Waals surface area contributed by atoms with E-state index in [4.69, 9.17) is 5.11 Å². The Bertz CT molecular complexity index is 352. The maximum absolute atomic E-state index is 12.1. The molecule has 1 saturated heterocycles. The van der Waals surface area contributed by atoms with Crippen molar-refractivity contribution in [2.45, 2.75) is 6.42 Å². The fourth-order valence-electron chi connectivity index (χ4n) is 2.09. The van der Waals surface area contributed by atoms with Crippen molar-refractivity contribution in [3.05, 3.63) is 18.0 Å². The molecule has 2 heterocycles. The third kappa shape index (κ3) is 3.04. The fraction of sp³-hybridized carbons (Fsp3) is 0.636. The zero-order valence-corrected chi connectivity index (χ0v) is 9.80. The molecular formula is C11H18N4O2. The molecule has 0 aromatic carbocycles. The summed E-state index contributed by atoms with van der Waals surface area (Å²) in [5.41, 5.74) is 0.612. The molecule has 0 atom stereocenters. The van der Waals surface area contributed by atoms with Gasteiger partial charge < -0.3 is 10.0 Å². The first-order chi connectivity index (χ1) is 8.31. The van der Waals surface area contributed by atoms with E-state index in [1.165, 1.54) is 0 Å². The van der Waals surface area contributed by atoms with Gasteiger partial charge in [0.25, 0.3) is 5.91 Å². The average Bonchev–Trinajstić information content (AvgIpc) is 2.76. The molecule has 94 valence electrons. The van der Waals surface area contributed by atoms with Gasteiger partial charge in [-0.05, 0) is 13.0 Å². The van der Waals surface area contributed by atoms with E-state index >= 15 is 0 Å². The van der Waals surface area contributed by atoms with Crippen molar-refractivity contribution in [3.8, 4) is 0 Å². The lowest BCUT2D eigenvalue weighted by atomic mass is 10.3. The summed E-state index contributed by atoms with van der Waals surface area (Å²) in [4.78, 5) is 16.1. The quantitative estimate of drug-likeness (QED) is 0.748. The molecule has 1 amide bonds. The molecule has 1 aromatic rings. The Hall–Kier alpha value is -1.40. The monoisotopic (exact) mass is 238 g/mol. The van der Waals surface area contributed by atoms with Gasteiger partial charge in [0, 0.05) is 32.4 Å². The first kappa shape index (κ1) is 12.1. The van der Waals surface area contributed by atoms with E-state index in [1.54, 1.807) is 12.4 Å². The SMILES string of the molecule is O=C(c1cn[nH]c1)N1CCCN(CCO)CC1. The van der Waals surface area contributed by atoms with E-state index in [9.17, 15) is 4.79 Å². The molecule has 0 radical (unpaired) electrons. The summed E-state index contributed by atoms with van der Waals surface area (Å²) in [5.74, 6) is 0.0320. The number of carbonyl (C=O) groups is 1. The van der Waals surface area contributed by atoms with Crippen LogP contribution in [0.25, 0.3) is 0 Å². The minimum absolute atomic E-state index is 0.0320. The third-order valence-corrected chi connectivity index (χ3v) is 3.04. The van der Waals surface area contributed by atoms with Gasteiger partial charge in [-0.15, -0.1) is 0 Å². The van der Waals surface area contributed by atoms with Gasteiger partial charge in [0.05, 0.1) is 18.4 Å². The molecule has 1 aliphatic heterocycles. The number of aromatic nitrogens is 2. The minimum atomic E-state index is 0.0320. The summed E-state index contributed by atoms with van der Waals surface area (Å²) >= 11 is 0. The van der Waals surface area contributed by atoms with Crippen LogP contribution in [0.15, 0.2) is 12.4 Å². The van der Waals surface area contributed by atoms with Crippen molar-refractivity contribution in [2.75, 3.05) is 39.3 Å². The van der Waals surface area contributed by atoms with E-state index in [0.717, 1.165) is 26.1 Å². The highest BCUT2D eigenvalue weighted by Crippen LogP contribution is 2.07. The number of aromatic amines is 1. The lowest BCUT2D eigenvalue weighted by Gasteiger charge is -2.20. The van der Waals surface area contributed by atoms with Gasteiger partial charge in [0.1, 0.15) is 0 Å². The summed E-state index contributed by atoms with van der Waals surface area (Å²) in [5, 5.41) is 15.3. The molecular weight excluding hydrogens is 220 g/mol. The maximum Gasteiger partial charge on any atom is 0.257 e. The van der Waals surface area contributed by atoms with E-state index in [2.05, 4.69) is 15.1 Å². The lowest BCUT2D eigenvalue weighted by molar-refractivity contribution is 0.0760. The number of aliphatic hydroxyl groups is 1. The Kier molecular flexibility index (Phi) is 4.11. The molecule has 6 nitrogen and oxygen atoms in total. The number of aliphatic hydroxyl groups excluding tert-OH is 1. The molecule has 2 N–H and O–H groups in total. The van der Waals surface area contributed by atoms with Crippen LogP contribution in [-0.4, -0.2) is 70.3 Å². The van der Waals surface area contributed by atoms with Gasteiger partial charge in [-0.3, -0.25) is 14.8 Å². The second kappa shape index (κ2) is 5.79. The Morgan fingerprint density at radius 2 is 2.29 bits per heavy atom. The number of hydrogen-bond donors (Lipinski definition) is 2. The van der Waals surface area contributed by atoms with Crippen molar-refractivity contribution in [3.63, 3.8) is 0 Å². The van der Waals surface area contributed by atoms with Crippen LogP contribution in [0.2, 0.25) is 0 Å². The van der Waals surface area contributed by atoms with Crippen LogP contribution in [0.1, 0.15) is 16.8 Å². The molecule has 0 bridgehead atoms. The van der Waals surface area contributed by atoms with Gasteiger partial charge >= 0.3 is 0 Å². The zero-order valence-electron chi connectivity index (χ0n) is 9.80. The number of nitrogens with one attached hydrogen (secondary N) is 1. The van der Waals surface area contributed by atoms with Crippen molar-refractivity contribution >= 4 is 5.91 Å². The normalized spacial score (nSPS) is 18.1. The minimum Gasteiger partial charge on any atom is -0.395 e. The number of nitrogens with zero attached hydrogens (tertiary/aromatic N) is 3. The average molecular weight is 238 g/mol. The smallest absolute Gasteiger partial charge is 0.257 e. The third-order valence-electron chi connectivity index (χ3n) is 3.04. The first-order valence-corrected chi connectivity index (χ1v) is 5.92. The molecule has 0 saturated carbocycles. The van der Waals surface area contributed by atoms with Crippen LogP contribution in [0.5, 0.6) is 0 Å². The fourth-order valence-corrected chi connectivity index (χ4v) is 2.09. The maximum atomic E-state index is 12.1. The molecule has 6 heteroatoms. The second-order valence-corrected chi connectivity index (χ2v) is 4.20. The van der Waals surface area contributed by atoms with Gasteiger partial charge in [-0.1, -0.05) is 0 Å².